The molecule has 0 saturated carbocycles. The maximum Gasteiger partial charge on any atom is 0.194 e. The molecule has 1 N–H and O–H groups in total. The molecule has 0 atom stereocenters. The molecular formula is C23H38N4O3. The lowest BCUT2D eigenvalue weighted by Crippen LogP contribution is -2.54. The van der Waals surface area contributed by atoms with Crippen molar-refractivity contribution in [2.75, 3.05) is 60.7 Å². The summed E-state index contributed by atoms with van der Waals surface area (Å²) in [5.41, 5.74) is 1.24. The van der Waals surface area contributed by atoms with E-state index in [-0.39, 0.29) is 5.54 Å². The highest BCUT2D eigenvalue weighted by molar-refractivity contribution is 5.79. The van der Waals surface area contributed by atoms with E-state index >= 15 is 0 Å². The summed E-state index contributed by atoms with van der Waals surface area (Å²) in [4.78, 5) is 9.94. The van der Waals surface area contributed by atoms with E-state index in [9.17, 15) is 0 Å². The smallest absolute Gasteiger partial charge is 0.194 e. The number of likely N-dealkylation sites (tertiary alicyclic amines) is 1. The molecule has 0 radical (unpaired) electrons. The van der Waals surface area contributed by atoms with E-state index in [2.05, 4.69) is 35.2 Å². The van der Waals surface area contributed by atoms with E-state index in [1.807, 2.05) is 12.1 Å². The number of rotatable bonds is 8. The van der Waals surface area contributed by atoms with Crippen molar-refractivity contribution in [2.24, 2.45) is 4.99 Å². The minimum atomic E-state index is 0.133. The lowest BCUT2D eigenvalue weighted by atomic mass is 9.88. The Hall–Kier alpha value is -1.99. The zero-order valence-corrected chi connectivity index (χ0v) is 19.1. The van der Waals surface area contributed by atoms with Crippen LogP contribution in [0.4, 0.5) is 0 Å². The molecule has 1 aromatic carbocycles. The van der Waals surface area contributed by atoms with Gasteiger partial charge in [-0.1, -0.05) is 0 Å². The highest BCUT2D eigenvalue weighted by Gasteiger charge is 2.39. The molecule has 30 heavy (non-hydrogen) atoms. The summed E-state index contributed by atoms with van der Waals surface area (Å²) in [6.07, 6.45) is 4.71. The second kappa shape index (κ2) is 10.9. The second-order valence-electron chi connectivity index (χ2n) is 8.23. The molecular weight excluding hydrogens is 380 g/mol. The van der Waals surface area contributed by atoms with Gasteiger partial charge in [-0.3, -0.25) is 9.89 Å². The predicted octanol–water partition coefficient (Wildman–Crippen LogP) is 2.75. The molecule has 0 unspecified atom stereocenters. The Bertz CT molecular complexity index is 698. The quantitative estimate of drug-likeness (QED) is 0.518. The summed E-state index contributed by atoms with van der Waals surface area (Å²) < 4.78 is 16.6. The van der Waals surface area contributed by atoms with Gasteiger partial charge in [0.1, 0.15) is 11.5 Å². The molecule has 1 aromatic rings. The van der Waals surface area contributed by atoms with E-state index in [0.717, 1.165) is 62.2 Å². The standard InChI is InChI=1S/C23H38N4O3/c1-5-24-22(26(2)17-19-8-9-20(28-3)16-21(19)29-4)25-18-23(10-14-30-15-11-23)27-12-6-7-13-27/h8-9,16H,5-7,10-15,17-18H2,1-4H3,(H,24,25). The fourth-order valence-corrected chi connectivity index (χ4v) is 4.52. The maximum absolute atomic E-state index is 5.68. The first-order valence-electron chi connectivity index (χ1n) is 11.1. The summed E-state index contributed by atoms with van der Waals surface area (Å²) in [6, 6.07) is 5.96. The Labute approximate surface area is 181 Å². The number of nitrogens with one attached hydrogen (secondary N) is 1. The van der Waals surface area contributed by atoms with Crippen molar-refractivity contribution in [1.82, 2.24) is 15.1 Å². The molecule has 3 rings (SSSR count). The predicted molar refractivity (Wildman–Crippen MR) is 121 cm³/mol. The first-order chi connectivity index (χ1) is 14.6. The van der Waals surface area contributed by atoms with Gasteiger partial charge in [-0.05, 0) is 57.8 Å². The molecule has 0 spiro atoms. The number of hydrogen-bond acceptors (Lipinski definition) is 5. The fourth-order valence-electron chi connectivity index (χ4n) is 4.52. The van der Waals surface area contributed by atoms with Crippen LogP contribution in [0, 0.1) is 0 Å². The van der Waals surface area contributed by atoms with Gasteiger partial charge in [0.25, 0.3) is 0 Å². The number of methoxy groups -OCH3 is 2. The topological polar surface area (TPSA) is 58.6 Å². The Morgan fingerprint density at radius 3 is 2.57 bits per heavy atom. The van der Waals surface area contributed by atoms with Crippen molar-refractivity contribution in [2.45, 2.75) is 44.7 Å². The van der Waals surface area contributed by atoms with Gasteiger partial charge in [0.2, 0.25) is 0 Å². The van der Waals surface area contributed by atoms with Crippen LogP contribution in [0.3, 0.4) is 0 Å². The van der Waals surface area contributed by atoms with Gasteiger partial charge < -0.3 is 24.4 Å². The van der Waals surface area contributed by atoms with Crippen molar-refractivity contribution in [3.63, 3.8) is 0 Å². The van der Waals surface area contributed by atoms with E-state index in [1.54, 1.807) is 14.2 Å². The number of guanidine groups is 1. The van der Waals surface area contributed by atoms with Crippen molar-refractivity contribution >= 4 is 5.96 Å². The van der Waals surface area contributed by atoms with Gasteiger partial charge in [-0.15, -0.1) is 0 Å². The third-order valence-corrected chi connectivity index (χ3v) is 6.32. The molecule has 2 heterocycles. The van der Waals surface area contributed by atoms with Crippen molar-refractivity contribution in [3.8, 4) is 11.5 Å². The van der Waals surface area contributed by atoms with Gasteiger partial charge in [0.05, 0.1) is 20.8 Å². The molecule has 168 valence electrons. The summed E-state index contributed by atoms with van der Waals surface area (Å²) >= 11 is 0. The SMILES string of the molecule is CCNC(=NCC1(N2CCCC2)CCOCC1)N(C)Cc1ccc(OC)cc1OC. The van der Waals surface area contributed by atoms with E-state index in [0.29, 0.717) is 6.54 Å². The summed E-state index contributed by atoms with van der Waals surface area (Å²) in [6.45, 7) is 8.51. The van der Waals surface area contributed by atoms with Crippen molar-refractivity contribution < 1.29 is 14.2 Å². The van der Waals surface area contributed by atoms with Gasteiger partial charge in [0.15, 0.2) is 5.96 Å². The molecule has 7 nitrogen and oxygen atoms in total. The van der Waals surface area contributed by atoms with Gasteiger partial charge in [-0.25, -0.2) is 0 Å². The summed E-state index contributed by atoms with van der Waals surface area (Å²) in [7, 11) is 5.45. The van der Waals surface area contributed by atoms with E-state index < -0.39 is 0 Å². The fraction of sp³-hybridized carbons (Fsp3) is 0.696. The Kier molecular flexibility index (Phi) is 8.22. The normalized spacial score (nSPS) is 19.5. The highest BCUT2D eigenvalue weighted by atomic mass is 16.5. The maximum atomic E-state index is 5.68. The monoisotopic (exact) mass is 418 g/mol. The molecule has 7 heteroatoms. The van der Waals surface area contributed by atoms with Crippen LogP contribution in [0.5, 0.6) is 11.5 Å². The average molecular weight is 419 g/mol. The minimum absolute atomic E-state index is 0.133. The van der Waals surface area contributed by atoms with Crippen molar-refractivity contribution in [1.29, 1.82) is 0 Å². The van der Waals surface area contributed by atoms with Crippen LogP contribution in [0.1, 0.15) is 38.2 Å². The van der Waals surface area contributed by atoms with Crippen LogP contribution < -0.4 is 14.8 Å². The molecule has 0 bridgehead atoms. The summed E-state index contributed by atoms with van der Waals surface area (Å²) in [5.74, 6) is 2.56. The van der Waals surface area contributed by atoms with Crippen LogP contribution in [0.15, 0.2) is 23.2 Å². The number of benzene rings is 1. The van der Waals surface area contributed by atoms with Crippen LogP contribution in [-0.2, 0) is 11.3 Å². The molecule has 0 aliphatic carbocycles. The molecule has 2 aliphatic rings. The third kappa shape index (κ3) is 5.38. The van der Waals surface area contributed by atoms with E-state index in [1.165, 1.54) is 25.9 Å². The number of ether oxygens (including phenoxy) is 3. The highest BCUT2D eigenvalue weighted by Crippen LogP contribution is 2.32. The lowest BCUT2D eigenvalue weighted by molar-refractivity contribution is -0.0139. The van der Waals surface area contributed by atoms with Gasteiger partial charge in [-0.2, -0.15) is 0 Å². The lowest BCUT2D eigenvalue weighted by Gasteiger charge is -2.43. The van der Waals surface area contributed by atoms with Crippen LogP contribution in [0.25, 0.3) is 0 Å². The number of aliphatic imine (C=N–C) groups is 1. The first-order valence-corrected chi connectivity index (χ1v) is 11.1. The minimum Gasteiger partial charge on any atom is -0.497 e. The number of nitrogens with zero attached hydrogens (tertiary/aromatic N) is 3. The first kappa shape index (κ1) is 22.7. The Morgan fingerprint density at radius 1 is 1.20 bits per heavy atom. The molecule has 2 saturated heterocycles. The van der Waals surface area contributed by atoms with Gasteiger partial charge >= 0.3 is 0 Å². The number of hydrogen-bond donors (Lipinski definition) is 1. The molecule has 2 fully saturated rings. The Morgan fingerprint density at radius 2 is 1.93 bits per heavy atom. The largest absolute Gasteiger partial charge is 0.497 e. The van der Waals surface area contributed by atoms with Crippen LogP contribution in [-0.4, -0.2) is 82.0 Å². The van der Waals surface area contributed by atoms with Gasteiger partial charge in [0, 0.05) is 50.5 Å². The van der Waals surface area contributed by atoms with Crippen LogP contribution >= 0.6 is 0 Å². The zero-order chi connectivity index (χ0) is 21.4. The Balaban J connectivity index is 1.75. The van der Waals surface area contributed by atoms with Crippen LogP contribution in [0.2, 0.25) is 0 Å². The summed E-state index contributed by atoms with van der Waals surface area (Å²) in [5, 5.41) is 3.47. The molecule has 2 aliphatic heterocycles. The average Bonchev–Trinajstić information content (AvgIpc) is 3.33. The van der Waals surface area contributed by atoms with E-state index in [4.69, 9.17) is 19.2 Å². The zero-order valence-electron chi connectivity index (χ0n) is 19.1. The molecule has 0 amide bonds. The second-order valence-corrected chi connectivity index (χ2v) is 8.23. The molecule has 0 aromatic heterocycles. The van der Waals surface area contributed by atoms with Crippen molar-refractivity contribution in [3.05, 3.63) is 23.8 Å². The third-order valence-electron chi connectivity index (χ3n) is 6.32.